The van der Waals surface area contributed by atoms with E-state index >= 15 is 0 Å². The summed E-state index contributed by atoms with van der Waals surface area (Å²) < 4.78 is 11.2. The first-order valence-corrected chi connectivity index (χ1v) is 7.41. The summed E-state index contributed by atoms with van der Waals surface area (Å²) in [5.41, 5.74) is 2.15. The van der Waals surface area contributed by atoms with E-state index < -0.39 is 0 Å². The molecule has 0 saturated carbocycles. The first-order chi connectivity index (χ1) is 11.2. The van der Waals surface area contributed by atoms with Crippen LogP contribution in [0.25, 0.3) is 0 Å². The highest BCUT2D eigenvalue weighted by atomic mass is 16.5. The van der Waals surface area contributed by atoms with Gasteiger partial charge in [-0.05, 0) is 19.1 Å². The number of aromatic hydroxyl groups is 1. The molecule has 0 saturated heterocycles. The predicted octanol–water partition coefficient (Wildman–Crippen LogP) is 2.50. The van der Waals surface area contributed by atoms with Gasteiger partial charge in [-0.25, -0.2) is 0 Å². The Kier molecular flexibility index (Phi) is 4.43. The number of nitrogens with zero attached hydrogens (tertiary/aromatic N) is 2. The van der Waals surface area contributed by atoms with Crippen molar-refractivity contribution in [2.24, 2.45) is 4.99 Å². The number of aliphatic hydroxyl groups is 1. The molecule has 2 aromatic rings. The molecule has 0 bridgehead atoms. The molecule has 6 heteroatoms. The van der Waals surface area contributed by atoms with E-state index in [-0.39, 0.29) is 12.4 Å². The van der Waals surface area contributed by atoms with Gasteiger partial charge in [0, 0.05) is 36.0 Å². The summed E-state index contributed by atoms with van der Waals surface area (Å²) in [7, 11) is 0. The number of fused-ring (bicyclic) bond motifs is 1. The van der Waals surface area contributed by atoms with Crippen molar-refractivity contribution < 1.29 is 19.7 Å². The van der Waals surface area contributed by atoms with E-state index in [2.05, 4.69) is 9.98 Å². The summed E-state index contributed by atoms with van der Waals surface area (Å²) in [6, 6.07) is 5.42. The quantitative estimate of drug-likeness (QED) is 0.850. The van der Waals surface area contributed by atoms with Crippen LogP contribution >= 0.6 is 0 Å². The zero-order chi connectivity index (χ0) is 16.2. The normalized spacial score (nSPS) is 14.0. The smallest absolute Gasteiger partial charge is 0.163 e. The Morgan fingerprint density at radius 3 is 2.83 bits per heavy atom. The molecule has 2 heterocycles. The van der Waals surface area contributed by atoms with Crippen LogP contribution in [0.15, 0.2) is 29.4 Å². The Balaban J connectivity index is 1.92. The van der Waals surface area contributed by atoms with Crippen molar-refractivity contribution >= 4 is 11.9 Å². The van der Waals surface area contributed by atoms with Crippen LogP contribution in [0.5, 0.6) is 17.2 Å². The summed E-state index contributed by atoms with van der Waals surface area (Å²) in [4.78, 5) is 8.39. The summed E-state index contributed by atoms with van der Waals surface area (Å²) in [6.45, 7) is 2.73. The average Bonchev–Trinajstić information content (AvgIpc) is 2.81. The molecule has 23 heavy (non-hydrogen) atoms. The number of aryl methyl sites for hydroxylation is 1. The zero-order valence-electron chi connectivity index (χ0n) is 12.8. The molecule has 1 aromatic carbocycles. The Morgan fingerprint density at radius 1 is 1.26 bits per heavy atom. The maximum atomic E-state index is 10.1. The number of hydrogen-bond donors (Lipinski definition) is 2. The Labute approximate surface area is 134 Å². The molecule has 0 aliphatic carbocycles. The van der Waals surface area contributed by atoms with Gasteiger partial charge in [-0.2, -0.15) is 0 Å². The molecular formula is C17H18N2O4. The largest absolute Gasteiger partial charge is 0.505 e. The van der Waals surface area contributed by atoms with Gasteiger partial charge in [0.25, 0.3) is 0 Å². The summed E-state index contributed by atoms with van der Waals surface area (Å²) in [6.07, 6.45) is 3.90. The third-order valence-corrected chi connectivity index (χ3v) is 3.60. The number of benzene rings is 1. The fraction of sp³-hybridized carbons (Fsp3) is 0.294. The average molecular weight is 314 g/mol. The minimum Gasteiger partial charge on any atom is -0.505 e. The maximum Gasteiger partial charge on any atom is 0.163 e. The Morgan fingerprint density at radius 2 is 2.04 bits per heavy atom. The molecule has 0 radical (unpaired) electrons. The van der Waals surface area contributed by atoms with Gasteiger partial charge in [0.05, 0.1) is 31.2 Å². The maximum absolute atomic E-state index is 10.1. The van der Waals surface area contributed by atoms with Crippen molar-refractivity contribution in [3.8, 4) is 17.2 Å². The van der Waals surface area contributed by atoms with Crippen LogP contribution in [0, 0.1) is 6.92 Å². The van der Waals surface area contributed by atoms with Crippen molar-refractivity contribution in [2.75, 3.05) is 13.2 Å². The number of pyridine rings is 1. The molecule has 120 valence electrons. The van der Waals surface area contributed by atoms with Crippen LogP contribution in [-0.4, -0.2) is 34.6 Å². The van der Waals surface area contributed by atoms with Crippen LogP contribution in [0.3, 0.4) is 0 Å². The molecule has 0 atom stereocenters. The van der Waals surface area contributed by atoms with E-state index in [0.29, 0.717) is 47.2 Å². The lowest BCUT2D eigenvalue weighted by Gasteiger charge is -2.08. The number of aliphatic hydroxyl groups excluding tert-OH is 1. The second kappa shape index (κ2) is 6.66. The highest BCUT2D eigenvalue weighted by Crippen LogP contribution is 2.33. The molecule has 1 aliphatic heterocycles. The van der Waals surface area contributed by atoms with Gasteiger partial charge in [0.15, 0.2) is 11.5 Å². The van der Waals surface area contributed by atoms with E-state index in [1.54, 1.807) is 13.0 Å². The highest BCUT2D eigenvalue weighted by molar-refractivity contribution is 5.87. The molecule has 0 fully saturated rings. The van der Waals surface area contributed by atoms with Crippen LogP contribution < -0.4 is 9.47 Å². The molecular weight excluding hydrogens is 296 g/mol. The lowest BCUT2D eigenvalue weighted by Crippen LogP contribution is -1.97. The topological polar surface area (TPSA) is 84.2 Å². The van der Waals surface area contributed by atoms with E-state index in [1.165, 1.54) is 12.4 Å². The van der Waals surface area contributed by atoms with E-state index in [1.807, 2.05) is 12.1 Å². The van der Waals surface area contributed by atoms with Gasteiger partial charge >= 0.3 is 0 Å². The molecule has 1 aliphatic rings. The summed E-state index contributed by atoms with van der Waals surface area (Å²) in [5.74, 6) is 1.39. The minimum absolute atomic E-state index is 0.0228. The first kappa shape index (κ1) is 15.3. The number of rotatable bonds is 3. The lowest BCUT2D eigenvalue weighted by atomic mass is 10.1. The fourth-order valence-corrected chi connectivity index (χ4v) is 2.29. The van der Waals surface area contributed by atoms with Crippen molar-refractivity contribution in [3.05, 3.63) is 41.2 Å². The van der Waals surface area contributed by atoms with Crippen LogP contribution in [0.1, 0.15) is 23.2 Å². The molecule has 0 amide bonds. The Hall–Kier alpha value is -2.60. The van der Waals surface area contributed by atoms with Crippen molar-refractivity contribution in [1.29, 1.82) is 0 Å². The predicted molar refractivity (Wildman–Crippen MR) is 85.9 cm³/mol. The van der Waals surface area contributed by atoms with Crippen LogP contribution in [0.4, 0.5) is 5.69 Å². The van der Waals surface area contributed by atoms with Crippen LogP contribution in [0.2, 0.25) is 0 Å². The third kappa shape index (κ3) is 3.27. The molecule has 2 N–H and O–H groups in total. The summed E-state index contributed by atoms with van der Waals surface area (Å²) >= 11 is 0. The molecule has 1 aromatic heterocycles. The number of hydrogen-bond acceptors (Lipinski definition) is 6. The first-order valence-electron chi connectivity index (χ1n) is 7.41. The van der Waals surface area contributed by atoms with E-state index in [0.717, 1.165) is 6.42 Å². The third-order valence-electron chi connectivity index (χ3n) is 3.60. The second-order valence-corrected chi connectivity index (χ2v) is 5.23. The Bertz CT molecular complexity index is 744. The SMILES string of the molecule is Cc1ncc(CO)c(C=Nc2ccc3c(c2)OCCCO3)c1O. The highest BCUT2D eigenvalue weighted by Gasteiger charge is 2.11. The standard InChI is InChI=1S/C17H18N2O4/c1-11-17(21)14(12(10-20)8-18-11)9-19-13-3-4-15-16(7-13)23-6-2-5-22-15/h3-4,7-9,20-21H,2,5-6,10H2,1H3. The van der Waals surface area contributed by atoms with Crippen LogP contribution in [-0.2, 0) is 6.61 Å². The summed E-state index contributed by atoms with van der Waals surface area (Å²) in [5, 5.41) is 19.5. The lowest BCUT2D eigenvalue weighted by molar-refractivity contribution is 0.280. The van der Waals surface area contributed by atoms with Gasteiger partial charge in [-0.3, -0.25) is 9.98 Å². The van der Waals surface area contributed by atoms with Crippen molar-refractivity contribution in [2.45, 2.75) is 20.0 Å². The molecule has 6 nitrogen and oxygen atoms in total. The van der Waals surface area contributed by atoms with Crippen molar-refractivity contribution in [1.82, 2.24) is 4.98 Å². The monoisotopic (exact) mass is 314 g/mol. The molecule has 3 rings (SSSR count). The van der Waals surface area contributed by atoms with Crippen molar-refractivity contribution in [3.63, 3.8) is 0 Å². The van der Waals surface area contributed by atoms with Gasteiger partial charge in [-0.1, -0.05) is 0 Å². The van der Waals surface area contributed by atoms with Gasteiger partial charge in [0.2, 0.25) is 0 Å². The molecule has 0 spiro atoms. The van der Waals surface area contributed by atoms with Gasteiger partial charge in [0.1, 0.15) is 5.75 Å². The minimum atomic E-state index is -0.219. The fourth-order valence-electron chi connectivity index (χ4n) is 2.29. The van der Waals surface area contributed by atoms with E-state index in [9.17, 15) is 10.2 Å². The number of ether oxygens (including phenoxy) is 2. The molecule has 0 unspecified atom stereocenters. The number of aromatic nitrogens is 1. The number of aliphatic imine (C=N–C) groups is 1. The van der Waals surface area contributed by atoms with E-state index in [4.69, 9.17) is 9.47 Å². The van der Waals surface area contributed by atoms with Gasteiger partial charge < -0.3 is 19.7 Å². The van der Waals surface area contributed by atoms with Gasteiger partial charge in [-0.15, -0.1) is 0 Å². The zero-order valence-corrected chi connectivity index (χ0v) is 12.8. The second-order valence-electron chi connectivity index (χ2n) is 5.23.